The Morgan fingerprint density at radius 3 is 2.04 bits per heavy atom. The molecule has 0 bridgehead atoms. The summed E-state index contributed by atoms with van der Waals surface area (Å²) in [5, 5.41) is 37.1. The number of carbonyl (C=O) groups excluding carboxylic acids is 4. The number of nitrogens with one attached hydrogen (secondary N) is 2. The summed E-state index contributed by atoms with van der Waals surface area (Å²) in [4.78, 5) is 54.3. The molecule has 0 aromatic heterocycles. The minimum Gasteiger partial charge on any atom is -0.504 e. The number of amides is 2. The molecule has 5 N–H and O–H groups in total. The molecule has 2 amide bonds. The van der Waals surface area contributed by atoms with Crippen molar-refractivity contribution in [3.63, 3.8) is 0 Å². The van der Waals surface area contributed by atoms with Crippen LogP contribution in [0.4, 0.5) is 0 Å². The zero-order valence-electron chi connectivity index (χ0n) is 29.9. The highest BCUT2D eigenvalue weighted by Crippen LogP contribution is 2.63. The van der Waals surface area contributed by atoms with Crippen molar-refractivity contribution in [2.75, 3.05) is 26.7 Å². The molecular weight excluding hydrogens is 682 g/mol. The molecule has 2 aliphatic heterocycles. The van der Waals surface area contributed by atoms with Crippen molar-refractivity contribution in [3.8, 4) is 11.5 Å². The zero-order valence-corrected chi connectivity index (χ0v) is 29.9. The smallest absolute Gasteiger partial charge is 0.312 e. The Morgan fingerprint density at radius 1 is 0.887 bits per heavy atom. The zero-order chi connectivity index (χ0) is 37.9. The molecule has 0 radical (unpaired) electrons. The Labute approximate surface area is 307 Å². The van der Waals surface area contributed by atoms with E-state index >= 15 is 0 Å². The SMILES string of the molecule is Cc1ccc(O)c2c1[C@]13CCN(C)[C@H](C)[C@]1(OC(=O)CCNC(=O)[C@@H](O)c1ccccc1)CC=C(OC(=O)CCNC(=O)[C@@H](O)c1ccccc1)[C@@H]3O2. The molecule has 3 aromatic rings. The number of benzene rings is 3. The topological polar surface area (TPSA) is 184 Å². The monoisotopic (exact) mass is 727 g/mol. The number of likely N-dealkylation sites (tertiary alicyclic amines) is 1. The third kappa shape index (κ3) is 6.99. The van der Waals surface area contributed by atoms with Crippen LogP contribution in [-0.2, 0) is 34.1 Å². The van der Waals surface area contributed by atoms with Crippen molar-refractivity contribution in [2.24, 2.45) is 0 Å². The lowest BCUT2D eigenvalue weighted by molar-refractivity contribution is -0.201. The number of phenols is 1. The molecule has 0 unspecified atom stereocenters. The minimum atomic E-state index is -1.40. The second kappa shape index (κ2) is 15.4. The Kier molecular flexibility index (Phi) is 10.9. The number of carbonyl (C=O) groups is 4. The second-order valence-corrected chi connectivity index (χ2v) is 13.8. The molecule has 280 valence electrons. The van der Waals surface area contributed by atoms with Gasteiger partial charge in [-0.2, -0.15) is 0 Å². The molecule has 1 aliphatic carbocycles. The summed E-state index contributed by atoms with van der Waals surface area (Å²) >= 11 is 0. The fourth-order valence-electron chi connectivity index (χ4n) is 7.97. The van der Waals surface area contributed by atoms with Crippen LogP contribution >= 0.6 is 0 Å². The first kappa shape index (κ1) is 37.5. The van der Waals surface area contributed by atoms with Crippen molar-refractivity contribution in [1.82, 2.24) is 15.5 Å². The third-order valence-corrected chi connectivity index (χ3v) is 10.8. The number of aryl methyl sites for hydroxylation is 1. The maximum atomic E-state index is 13.8. The first-order valence-corrected chi connectivity index (χ1v) is 17.7. The molecule has 1 spiro atoms. The highest BCUT2D eigenvalue weighted by atomic mass is 16.6. The first-order chi connectivity index (χ1) is 25.4. The van der Waals surface area contributed by atoms with Gasteiger partial charge in [-0.1, -0.05) is 66.7 Å². The number of esters is 2. The van der Waals surface area contributed by atoms with Gasteiger partial charge in [-0.25, -0.2) is 0 Å². The van der Waals surface area contributed by atoms with Crippen molar-refractivity contribution >= 4 is 23.8 Å². The lowest BCUT2D eigenvalue weighted by Gasteiger charge is -2.59. The largest absolute Gasteiger partial charge is 0.504 e. The maximum Gasteiger partial charge on any atom is 0.312 e. The maximum absolute atomic E-state index is 13.8. The van der Waals surface area contributed by atoms with E-state index in [-0.39, 0.29) is 55.7 Å². The highest BCUT2D eigenvalue weighted by Gasteiger charge is 2.71. The van der Waals surface area contributed by atoms with Crippen LogP contribution in [0.5, 0.6) is 11.5 Å². The summed E-state index contributed by atoms with van der Waals surface area (Å²) in [6.45, 7) is 4.24. The molecule has 3 aromatic carbocycles. The molecule has 0 saturated carbocycles. The van der Waals surface area contributed by atoms with Gasteiger partial charge in [0.25, 0.3) is 11.8 Å². The van der Waals surface area contributed by atoms with E-state index in [4.69, 9.17) is 14.2 Å². The number of nitrogens with zero attached hydrogens (tertiary/aromatic N) is 1. The average molecular weight is 728 g/mol. The molecule has 6 rings (SSSR count). The Hall–Kier alpha value is -5.24. The standard InChI is InChI=1S/C40H45N3O10/c1-24-14-15-28(44)35-32(24)39-20-23-43(3)25(2)40(39,53-31(46)18-22-42-38(50)34(48)27-12-8-5-9-13-27)19-16-29(36(39)52-35)51-30(45)17-21-41-37(49)33(47)26-10-6-4-7-11-26/h4-16,25,33-34,36,44,47-48H,17-23H2,1-3H3,(H,41,49)(H,42,50)/t25-,33+,34+,36+,39+,40-/m1/s1. The fraction of sp³-hybridized carbons (Fsp3) is 0.400. The lowest BCUT2D eigenvalue weighted by Crippen LogP contribution is -2.73. The van der Waals surface area contributed by atoms with Gasteiger partial charge < -0.3 is 40.2 Å². The van der Waals surface area contributed by atoms with E-state index in [1.807, 2.05) is 20.9 Å². The van der Waals surface area contributed by atoms with Crippen LogP contribution in [0.15, 0.2) is 84.6 Å². The molecule has 1 saturated heterocycles. The number of rotatable bonds is 12. The van der Waals surface area contributed by atoms with E-state index in [0.29, 0.717) is 29.7 Å². The van der Waals surface area contributed by atoms with Gasteiger partial charge in [0, 0.05) is 31.1 Å². The van der Waals surface area contributed by atoms with Crippen LogP contribution in [0.1, 0.15) is 67.1 Å². The van der Waals surface area contributed by atoms with Crippen molar-refractivity contribution in [1.29, 1.82) is 0 Å². The van der Waals surface area contributed by atoms with Gasteiger partial charge in [-0.3, -0.25) is 24.1 Å². The summed E-state index contributed by atoms with van der Waals surface area (Å²) in [7, 11) is 1.93. The molecule has 13 heteroatoms. The summed E-state index contributed by atoms with van der Waals surface area (Å²) in [5.41, 5.74) is -0.0293. The van der Waals surface area contributed by atoms with Gasteiger partial charge in [0.15, 0.2) is 29.8 Å². The first-order valence-electron chi connectivity index (χ1n) is 17.7. The molecule has 3 aliphatic rings. The number of hydrogen-bond acceptors (Lipinski definition) is 11. The van der Waals surface area contributed by atoms with E-state index in [1.165, 1.54) is 6.07 Å². The van der Waals surface area contributed by atoms with E-state index in [1.54, 1.807) is 72.8 Å². The predicted molar refractivity (Wildman–Crippen MR) is 191 cm³/mol. The number of aliphatic hydroxyl groups excluding tert-OH is 2. The summed E-state index contributed by atoms with van der Waals surface area (Å²) in [5.74, 6) is -2.22. The number of ether oxygens (including phenoxy) is 3. The summed E-state index contributed by atoms with van der Waals surface area (Å²) in [6, 6.07) is 19.8. The summed E-state index contributed by atoms with van der Waals surface area (Å²) in [6.07, 6.45) is -1.90. The third-order valence-electron chi connectivity index (χ3n) is 10.8. The molecule has 6 atom stereocenters. The number of hydrogen-bond donors (Lipinski definition) is 5. The van der Waals surface area contributed by atoms with Crippen LogP contribution < -0.4 is 15.4 Å². The number of phenolic OH excluding ortho intramolecular Hbond substituents is 1. The van der Waals surface area contributed by atoms with Crippen molar-refractivity contribution < 1.29 is 48.7 Å². The van der Waals surface area contributed by atoms with Gasteiger partial charge in [0.1, 0.15) is 11.4 Å². The number of aromatic hydroxyl groups is 1. The highest BCUT2D eigenvalue weighted by molar-refractivity contribution is 5.83. The molecule has 1 fully saturated rings. The van der Waals surface area contributed by atoms with Crippen molar-refractivity contribution in [3.05, 3.63) is 107 Å². The van der Waals surface area contributed by atoms with Crippen LogP contribution in [0.25, 0.3) is 0 Å². The predicted octanol–water partition coefficient (Wildman–Crippen LogP) is 3.02. The van der Waals surface area contributed by atoms with Gasteiger partial charge in [-0.15, -0.1) is 0 Å². The number of aliphatic hydroxyl groups is 2. The molecule has 13 nitrogen and oxygen atoms in total. The van der Waals surface area contributed by atoms with Crippen LogP contribution in [0.2, 0.25) is 0 Å². The van der Waals surface area contributed by atoms with Crippen molar-refractivity contribution in [2.45, 2.75) is 74.9 Å². The molecule has 53 heavy (non-hydrogen) atoms. The lowest BCUT2D eigenvalue weighted by atomic mass is 9.54. The number of fused-ring (bicyclic) bond motifs is 1. The molecule has 2 heterocycles. The Balaban J connectivity index is 1.21. The fourth-order valence-corrected chi connectivity index (χ4v) is 7.97. The van der Waals surface area contributed by atoms with E-state index in [2.05, 4.69) is 15.5 Å². The van der Waals surface area contributed by atoms with Crippen LogP contribution in [0.3, 0.4) is 0 Å². The Morgan fingerprint density at radius 2 is 1.45 bits per heavy atom. The van der Waals surface area contributed by atoms with Gasteiger partial charge in [0.05, 0.1) is 18.3 Å². The minimum absolute atomic E-state index is 0.0805. The van der Waals surface area contributed by atoms with Crippen LogP contribution in [-0.4, -0.2) is 88.4 Å². The van der Waals surface area contributed by atoms with Crippen LogP contribution in [0, 0.1) is 6.92 Å². The van der Waals surface area contributed by atoms with Gasteiger partial charge in [-0.05, 0) is 62.7 Å². The number of likely N-dealkylation sites (N-methyl/N-ethyl adjacent to an activating group) is 1. The van der Waals surface area contributed by atoms with Gasteiger partial charge in [0.2, 0.25) is 0 Å². The Bertz CT molecular complexity index is 1890. The normalized spacial score (nSPS) is 24.2. The van der Waals surface area contributed by atoms with E-state index in [9.17, 15) is 34.5 Å². The molecular formula is C40H45N3O10. The average Bonchev–Trinajstić information content (AvgIpc) is 3.53. The van der Waals surface area contributed by atoms with E-state index < -0.39 is 53.1 Å². The summed E-state index contributed by atoms with van der Waals surface area (Å²) < 4.78 is 19.0. The second-order valence-electron chi connectivity index (χ2n) is 13.8. The van der Waals surface area contributed by atoms with Gasteiger partial charge >= 0.3 is 11.9 Å². The van der Waals surface area contributed by atoms with E-state index in [0.717, 1.165) is 5.56 Å². The number of piperidine rings is 1. The quantitative estimate of drug-likeness (QED) is 0.173.